The Morgan fingerprint density at radius 2 is 1.26 bits per heavy atom. The first-order valence-corrected chi connectivity index (χ1v) is 15.2. The van der Waals surface area contributed by atoms with Crippen molar-refractivity contribution in [3.8, 4) is 0 Å². The third-order valence-electron chi connectivity index (χ3n) is 10.3. The van der Waals surface area contributed by atoms with E-state index in [1.165, 1.54) is 20.8 Å². The van der Waals surface area contributed by atoms with Crippen molar-refractivity contribution in [2.75, 3.05) is 6.61 Å². The SMILES string of the molecule is CC(=O)O[C@H]1C[C@@]2(O)[C@@H](OC(C)=O)[C@@H]3[C@]4(OC(C)=O)CO[C@@H]4C[C@H](OC(C)=O)[C@@]3(C)[C@@H](OC(C)=O)[C@H](OC(C)=O)C(=C1C)C2(C)C. The van der Waals surface area contributed by atoms with Gasteiger partial charge in [-0.2, -0.15) is 0 Å². The summed E-state index contributed by atoms with van der Waals surface area (Å²) in [5.74, 6) is -5.77. The molecular formula is C32H44O14. The highest BCUT2D eigenvalue weighted by atomic mass is 16.6. The standard InChI is InChI=1S/C32H44O14/c1-14-21(41-15(2)33)12-32(39)28(45-19(6)37)26-30(10,22(42-16(3)34)11-23-31(26,13-40-23)46-20(7)38)27(44-18(5)36)25(43-17(4)35)24(14)29(32,8)9/h21-23,25-28,39H,11-13H2,1-10H3/t21-,22-,23+,25+,26-,27-,28-,30+,31-,32+/m0/s1. The van der Waals surface area contributed by atoms with Gasteiger partial charge in [0.25, 0.3) is 0 Å². The van der Waals surface area contributed by atoms with E-state index in [1.54, 1.807) is 27.7 Å². The minimum atomic E-state index is -2.12. The minimum absolute atomic E-state index is 0.0485. The molecule has 14 nitrogen and oxygen atoms in total. The van der Waals surface area contributed by atoms with Gasteiger partial charge < -0.3 is 38.3 Å². The predicted octanol–water partition coefficient (Wildman–Crippen LogP) is 1.86. The second-order valence-corrected chi connectivity index (χ2v) is 13.6. The Hall–Kier alpha value is -3.52. The number of esters is 6. The van der Waals surface area contributed by atoms with E-state index < -0.39 is 100 Å². The molecule has 0 radical (unpaired) electrons. The van der Waals surface area contributed by atoms with Crippen LogP contribution in [0.1, 0.15) is 82.1 Å². The zero-order valence-corrected chi connectivity index (χ0v) is 27.9. The zero-order valence-electron chi connectivity index (χ0n) is 27.9. The van der Waals surface area contributed by atoms with Crippen LogP contribution >= 0.6 is 0 Å². The van der Waals surface area contributed by atoms with E-state index in [2.05, 4.69) is 0 Å². The molecule has 14 heteroatoms. The highest BCUT2D eigenvalue weighted by molar-refractivity contribution is 5.70. The zero-order chi connectivity index (χ0) is 34.7. The number of ether oxygens (including phenoxy) is 7. The summed E-state index contributed by atoms with van der Waals surface area (Å²) in [7, 11) is 0. The summed E-state index contributed by atoms with van der Waals surface area (Å²) in [6.07, 6.45) is -8.02. The lowest BCUT2D eigenvalue weighted by atomic mass is 9.44. The minimum Gasteiger partial charge on any atom is -0.462 e. The molecule has 0 aromatic carbocycles. The van der Waals surface area contributed by atoms with Gasteiger partial charge in [0.2, 0.25) is 0 Å². The van der Waals surface area contributed by atoms with Crippen LogP contribution in [0.5, 0.6) is 0 Å². The Morgan fingerprint density at radius 1 is 0.739 bits per heavy atom. The van der Waals surface area contributed by atoms with Crippen molar-refractivity contribution in [2.24, 2.45) is 16.7 Å². The van der Waals surface area contributed by atoms with Crippen molar-refractivity contribution in [3.05, 3.63) is 11.1 Å². The lowest BCUT2D eigenvalue weighted by molar-refractivity contribution is -0.366. The number of rotatable bonds is 6. The Bertz CT molecular complexity index is 1370. The van der Waals surface area contributed by atoms with Crippen LogP contribution < -0.4 is 0 Å². The molecule has 0 aromatic rings. The van der Waals surface area contributed by atoms with Crippen molar-refractivity contribution in [2.45, 2.75) is 130 Å². The van der Waals surface area contributed by atoms with Crippen molar-refractivity contribution in [3.63, 3.8) is 0 Å². The summed E-state index contributed by atoms with van der Waals surface area (Å²) in [6, 6.07) is 0. The van der Waals surface area contributed by atoms with Crippen LogP contribution in [0.3, 0.4) is 0 Å². The molecule has 1 heterocycles. The summed E-state index contributed by atoms with van der Waals surface area (Å²) in [5.41, 5.74) is -6.19. The fourth-order valence-electron chi connectivity index (χ4n) is 8.58. The molecule has 3 fully saturated rings. The van der Waals surface area contributed by atoms with Gasteiger partial charge in [-0.3, -0.25) is 28.8 Å². The van der Waals surface area contributed by atoms with Crippen molar-refractivity contribution >= 4 is 35.8 Å². The van der Waals surface area contributed by atoms with Gasteiger partial charge in [-0.05, 0) is 18.1 Å². The fraction of sp³-hybridized carbons (Fsp3) is 0.750. The molecule has 0 amide bonds. The maximum Gasteiger partial charge on any atom is 0.303 e. The van der Waals surface area contributed by atoms with E-state index in [4.69, 9.17) is 33.2 Å². The van der Waals surface area contributed by atoms with Crippen LogP contribution in [0.2, 0.25) is 0 Å². The van der Waals surface area contributed by atoms with E-state index in [1.807, 2.05) is 0 Å². The topological polar surface area (TPSA) is 187 Å². The molecule has 0 unspecified atom stereocenters. The lowest BCUT2D eigenvalue weighted by Crippen LogP contribution is -2.82. The van der Waals surface area contributed by atoms with E-state index in [-0.39, 0.29) is 25.0 Å². The Balaban J connectivity index is 2.23. The first-order chi connectivity index (χ1) is 21.1. The van der Waals surface area contributed by atoms with Gasteiger partial charge in [0.1, 0.15) is 30.0 Å². The molecule has 256 valence electrons. The van der Waals surface area contributed by atoms with Gasteiger partial charge in [0.05, 0.1) is 17.9 Å². The van der Waals surface area contributed by atoms with E-state index in [0.29, 0.717) is 5.57 Å². The fourth-order valence-corrected chi connectivity index (χ4v) is 8.58. The number of aliphatic hydroxyl groups is 1. The number of fused-ring (bicyclic) bond motifs is 5. The van der Waals surface area contributed by atoms with Crippen LogP contribution in [0.4, 0.5) is 0 Å². The molecule has 0 aromatic heterocycles. The molecular weight excluding hydrogens is 608 g/mol. The molecule has 1 aliphatic heterocycles. The first kappa shape index (κ1) is 35.3. The molecule has 2 bridgehead atoms. The molecule has 3 aliphatic carbocycles. The van der Waals surface area contributed by atoms with Crippen LogP contribution in [0.25, 0.3) is 0 Å². The monoisotopic (exact) mass is 652 g/mol. The van der Waals surface area contributed by atoms with Crippen LogP contribution in [-0.4, -0.2) is 95.4 Å². The number of hydrogen-bond donors (Lipinski definition) is 1. The summed E-state index contributed by atoms with van der Waals surface area (Å²) in [4.78, 5) is 76.5. The molecule has 1 N–H and O–H groups in total. The van der Waals surface area contributed by atoms with Gasteiger partial charge in [0, 0.05) is 59.8 Å². The Labute approximate surface area is 267 Å². The molecule has 4 aliphatic rings. The Morgan fingerprint density at radius 3 is 1.72 bits per heavy atom. The number of carbonyl (C=O) groups excluding carboxylic acids is 6. The van der Waals surface area contributed by atoms with E-state index in [9.17, 15) is 33.9 Å². The average molecular weight is 653 g/mol. The van der Waals surface area contributed by atoms with Gasteiger partial charge in [-0.15, -0.1) is 0 Å². The van der Waals surface area contributed by atoms with Crippen LogP contribution in [0.15, 0.2) is 11.1 Å². The predicted molar refractivity (Wildman–Crippen MR) is 154 cm³/mol. The maximum absolute atomic E-state index is 13.1. The summed E-state index contributed by atoms with van der Waals surface area (Å²) in [5, 5.41) is 13.1. The van der Waals surface area contributed by atoms with Crippen LogP contribution in [0, 0.1) is 16.7 Å². The summed E-state index contributed by atoms with van der Waals surface area (Å²) in [6.45, 7) is 13.4. The second-order valence-electron chi connectivity index (χ2n) is 13.6. The maximum atomic E-state index is 13.1. The Kier molecular flexibility index (Phi) is 9.16. The van der Waals surface area contributed by atoms with E-state index in [0.717, 1.165) is 20.8 Å². The smallest absolute Gasteiger partial charge is 0.303 e. The highest BCUT2D eigenvalue weighted by Gasteiger charge is 2.79. The van der Waals surface area contributed by atoms with Crippen molar-refractivity contribution in [1.29, 1.82) is 0 Å². The molecule has 2 saturated carbocycles. The van der Waals surface area contributed by atoms with E-state index >= 15 is 0 Å². The summed E-state index contributed by atoms with van der Waals surface area (Å²) >= 11 is 0. The summed E-state index contributed by atoms with van der Waals surface area (Å²) < 4.78 is 41.6. The number of carbonyl (C=O) groups is 6. The first-order valence-electron chi connectivity index (χ1n) is 15.2. The highest BCUT2D eigenvalue weighted by Crippen LogP contribution is 2.66. The molecule has 0 spiro atoms. The molecule has 1 saturated heterocycles. The second kappa shape index (κ2) is 11.9. The third-order valence-corrected chi connectivity index (χ3v) is 10.3. The van der Waals surface area contributed by atoms with Crippen molar-refractivity contribution < 1.29 is 67.0 Å². The normalized spacial score (nSPS) is 39.1. The lowest BCUT2D eigenvalue weighted by Gasteiger charge is -2.69. The van der Waals surface area contributed by atoms with Gasteiger partial charge in [-0.25, -0.2) is 0 Å². The van der Waals surface area contributed by atoms with Gasteiger partial charge >= 0.3 is 35.8 Å². The number of hydrogen-bond acceptors (Lipinski definition) is 14. The average Bonchev–Trinajstić information content (AvgIpc) is 2.87. The molecule has 10 atom stereocenters. The molecule has 46 heavy (non-hydrogen) atoms. The van der Waals surface area contributed by atoms with Gasteiger partial charge in [-0.1, -0.05) is 20.8 Å². The molecule has 4 rings (SSSR count). The van der Waals surface area contributed by atoms with Gasteiger partial charge in [0.15, 0.2) is 17.8 Å². The quantitative estimate of drug-likeness (QED) is 0.249. The third kappa shape index (κ3) is 5.46. The van der Waals surface area contributed by atoms with Crippen molar-refractivity contribution in [1.82, 2.24) is 0 Å². The van der Waals surface area contributed by atoms with Crippen LogP contribution in [-0.2, 0) is 61.9 Å². The largest absolute Gasteiger partial charge is 0.462 e.